The molecule has 5 heteroatoms. The van der Waals surface area contributed by atoms with Crippen LogP contribution in [0, 0.1) is 12.8 Å². The first-order valence-corrected chi connectivity index (χ1v) is 6.76. The Labute approximate surface area is 116 Å². The highest BCUT2D eigenvalue weighted by Crippen LogP contribution is 2.50. The first kappa shape index (κ1) is 12.6. The van der Waals surface area contributed by atoms with Gasteiger partial charge in [0.05, 0.1) is 11.4 Å². The van der Waals surface area contributed by atoms with Crippen molar-refractivity contribution in [3.8, 4) is 11.5 Å². The molecular formula is C14H15ClO4. The van der Waals surface area contributed by atoms with Crippen molar-refractivity contribution >= 4 is 17.6 Å². The summed E-state index contributed by atoms with van der Waals surface area (Å²) in [5.41, 5.74) is 1.94. The van der Waals surface area contributed by atoms with E-state index < -0.39 is 5.97 Å². The average Bonchev–Trinajstić information content (AvgIpc) is 3.07. The SMILES string of the molecule is Cc1c(C(CC(=O)O)C2CC2)cc(Cl)c2c1OCO2. The predicted octanol–water partition coefficient (Wildman–Crippen LogP) is 3.35. The molecule has 0 spiro atoms. The maximum absolute atomic E-state index is 11.1. The van der Waals surface area contributed by atoms with Crippen LogP contribution in [0.5, 0.6) is 11.5 Å². The number of carbonyl (C=O) groups is 1. The molecule has 0 bridgehead atoms. The van der Waals surface area contributed by atoms with Gasteiger partial charge in [-0.1, -0.05) is 11.6 Å². The zero-order valence-corrected chi connectivity index (χ0v) is 11.4. The van der Waals surface area contributed by atoms with Crippen molar-refractivity contribution in [2.24, 2.45) is 5.92 Å². The van der Waals surface area contributed by atoms with Crippen LogP contribution in [0.3, 0.4) is 0 Å². The fourth-order valence-corrected chi connectivity index (χ4v) is 3.04. The van der Waals surface area contributed by atoms with Crippen LogP contribution in [0.2, 0.25) is 5.02 Å². The number of fused-ring (bicyclic) bond motifs is 1. The summed E-state index contributed by atoms with van der Waals surface area (Å²) in [6.07, 6.45) is 2.31. The summed E-state index contributed by atoms with van der Waals surface area (Å²) in [6, 6.07) is 1.84. The Morgan fingerprint density at radius 1 is 1.47 bits per heavy atom. The molecule has 0 amide bonds. The van der Waals surface area contributed by atoms with E-state index in [0.717, 1.165) is 24.0 Å². The normalized spacial score (nSPS) is 18.4. The second-order valence-electron chi connectivity index (χ2n) is 5.18. The van der Waals surface area contributed by atoms with Crippen molar-refractivity contribution in [1.29, 1.82) is 0 Å². The van der Waals surface area contributed by atoms with Gasteiger partial charge in [-0.15, -0.1) is 0 Å². The summed E-state index contributed by atoms with van der Waals surface area (Å²) >= 11 is 6.20. The van der Waals surface area contributed by atoms with Crippen molar-refractivity contribution < 1.29 is 19.4 Å². The molecule has 4 nitrogen and oxygen atoms in total. The molecule has 0 radical (unpaired) electrons. The third-order valence-corrected chi connectivity index (χ3v) is 4.15. The molecule has 1 saturated carbocycles. The quantitative estimate of drug-likeness (QED) is 0.920. The first-order chi connectivity index (χ1) is 9.08. The molecule has 3 rings (SSSR count). The summed E-state index contributed by atoms with van der Waals surface area (Å²) in [6.45, 7) is 2.11. The van der Waals surface area contributed by atoms with Crippen LogP contribution in [0.25, 0.3) is 0 Å². The molecule has 1 atom stereocenters. The van der Waals surface area contributed by atoms with Gasteiger partial charge < -0.3 is 14.6 Å². The topological polar surface area (TPSA) is 55.8 Å². The summed E-state index contributed by atoms with van der Waals surface area (Å²) in [4.78, 5) is 11.1. The molecule has 1 aliphatic carbocycles. The number of carboxylic acids is 1. The molecule has 1 fully saturated rings. The molecule has 1 unspecified atom stereocenters. The highest BCUT2D eigenvalue weighted by atomic mass is 35.5. The van der Waals surface area contributed by atoms with E-state index >= 15 is 0 Å². The molecule has 0 saturated heterocycles. The van der Waals surface area contributed by atoms with Gasteiger partial charge >= 0.3 is 5.97 Å². The van der Waals surface area contributed by atoms with Crippen molar-refractivity contribution in [1.82, 2.24) is 0 Å². The van der Waals surface area contributed by atoms with E-state index in [9.17, 15) is 4.79 Å². The highest BCUT2D eigenvalue weighted by Gasteiger charge is 2.36. The number of hydrogen-bond donors (Lipinski definition) is 1. The second kappa shape index (κ2) is 4.60. The van der Waals surface area contributed by atoms with Crippen LogP contribution in [0.4, 0.5) is 0 Å². The average molecular weight is 283 g/mol. The first-order valence-electron chi connectivity index (χ1n) is 6.38. The van der Waals surface area contributed by atoms with Gasteiger partial charge in [-0.05, 0) is 48.8 Å². The summed E-state index contributed by atoms with van der Waals surface area (Å²) in [5.74, 6) is 0.937. The smallest absolute Gasteiger partial charge is 0.303 e. The maximum atomic E-state index is 11.1. The minimum Gasteiger partial charge on any atom is -0.481 e. The minimum absolute atomic E-state index is 0.0181. The number of benzene rings is 1. The fraction of sp³-hybridized carbons (Fsp3) is 0.500. The van der Waals surface area contributed by atoms with Gasteiger partial charge in [0.2, 0.25) is 6.79 Å². The van der Waals surface area contributed by atoms with E-state index in [1.54, 1.807) is 0 Å². The fourth-order valence-electron chi connectivity index (χ4n) is 2.78. The lowest BCUT2D eigenvalue weighted by Gasteiger charge is -2.19. The summed E-state index contributed by atoms with van der Waals surface area (Å²) in [7, 11) is 0. The monoisotopic (exact) mass is 282 g/mol. The van der Waals surface area contributed by atoms with E-state index in [-0.39, 0.29) is 19.1 Å². The highest BCUT2D eigenvalue weighted by molar-refractivity contribution is 6.32. The molecule has 1 N–H and O–H groups in total. The lowest BCUT2D eigenvalue weighted by Crippen LogP contribution is -2.10. The van der Waals surface area contributed by atoms with E-state index in [4.69, 9.17) is 26.2 Å². The van der Waals surface area contributed by atoms with E-state index in [1.165, 1.54) is 0 Å². The third kappa shape index (κ3) is 2.25. The van der Waals surface area contributed by atoms with Gasteiger partial charge in [-0.2, -0.15) is 0 Å². The van der Waals surface area contributed by atoms with Gasteiger partial charge in [0.25, 0.3) is 0 Å². The van der Waals surface area contributed by atoms with Crippen LogP contribution in [-0.4, -0.2) is 17.9 Å². The Bertz CT molecular complexity index is 537. The van der Waals surface area contributed by atoms with Crippen molar-refractivity contribution in [2.75, 3.05) is 6.79 Å². The van der Waals surface area contributed by atoms with Gasteiger partial charge in [0.15, 0.2) is 11.5 Å². The lowest BCUT2D eigenvalue weighted by molar-refractivity contribution is -0.137. The lowest BCUT2D eigenvalue weighted by atomic mass is 9.87. The van der Waals surface area contributed by atoms with Gasteiger partial charge in [-0.25, -0.2) is 0 Å². The number of aliphatic carboxylic acids is 1. The minimum atomic E-state index is -0.773. The third-order valence-electron chi connectivity index (χ3n) is 3.87. The molecule has 1 aromatic carbocycles. The molecule has 19 heavy (non-hydrogen) atoms. The molecule has 1 heterocycles. The molecule has 2 aliphatic rings. The Hall–Kier alpha value is -1.42. The molecule has 102 valence electrons. The van der Waals surface area contributed by atoms with Crippen LogP contribution in [0.1, 0.15) is 36.3 Å². The number of carboxylic acid groups (broad SMARTS) is 1. The largest absolute Gasteiger partial charge is 0.481 e. The van der Waals surface area contributed by atoms with Gasteiger partial charge in [0.1, 0.15) is 0 Å². The Kier molecular flexibility index (Phi) is 3.05. The number of hydrogen-bond acceptors (Lipinski definition) is 3. The van der Waals surface area contributed by atoms with Crippen molar-refractivity contribution in [2.45, 2.75) is 32.1 Å². The van der Waals surface area contributed by atoms with E-state index in [0.29, 0.717) is 22.4 Å². The zero-order chi connectivity index (χ0) is 13.6. The van der Waals surface area contributed by atoms with Gasteiger partial charge in [0, 0.05) is 0 Å². The zero-order valence-electron chi connectivity index (χ0n) is 10.6. The standard InChI is InChI=1S/C14H15ClO4/c1-7-9(10(5-12(16)17)8-2-3-8)4-11(15)14-13(7)18-6-19-14/h4,8,10H,2-3,5-6H2,1H3,(H,16,17). The van der Waals surface area contributed by atoms with Crippen LogP contribution in [0.15, 0.2) is 6.07 Å². The summed E-state index contributed by atoms with van der Waals surface area (Å²) in [5, 5.41) is 9.59. The Morgan fingerprint density at radius 2 is 2.16 bits per heavy atom. The number of rotatable bonds is 4. The Balaban J connectivity index is 2.03. The van der Waals surface area contributed by atoms with Crippen LogP contribution >= 0.6 is 11.6 Å². The van der Waals surface area contributed by atoms with E-state index in [1.807, 2.05) is 13.0 Å². The van der Waals surface area contributed by atoms with E-state index in [2.05, 4.69) is 0 Å². The predicted molar refractivity (Wildman–Crippen MR) is 70.0 cm³/mol. The molecule has 0 aromatic heterocycles. The maximum Gasteiger partial charge on any atom is 0.303 e. The molecular weight excluding hydrogens is 268 g/mol. The Morgan fingerprint density at radius 3 is 2.79 bits per heavy atom. The summed E-state index contributed by atoms with van der Waals surface area (Å²) < 4.78 is 10.8. The number of halogens is 1. The molecule has 1 aromatic rings. The number of ether oxygens (including phenoxy) is 2. The second-order valence-corrected chi connectivity index (χ2v) is 5.59. The van der Waals surface area contributed by atoms with Crippen LogP contribution < -0.4 is 9.47 Å². The van der Waals surface area contributed by atoms with Crippen LogP contribution in [-0.2, 0) is 4.79 Å². The molecule has 1 aliphatic heterocycles. The van der Waals surface area contributed by atoms with Crippen molar-refractivity contribution in [3.05, 3.63) is 22.2 Å². The van der Waals surface area contributed by atoms with Crippen molar-refractivity contribution in [3.63, 3.8) is 0 Å². The van der Waals surface area contributed by atoms with Gasteiger partial charge in [-0.3, -0.25) is 4.79 Å².